The van der Waals surface area contributed by atoms with E-state index < -0.39 is 0 Å². The van der Waals surface area contributed by atoms with Gasteiger partial charge in [-0.25, -0.2) is 0 Å². The first-order chi connectivity index (χ1) is 7.72. The minimum Gasteiger partial charge on any atom is -0.459 e. The van der Waals surface area contributed by atoms with E-state index in [4.69, 9.17) is 9.52 Å². The van der Waals surface area contributed by atoms with Gasteiger partial charge in [-0.15, -0.1) is 0 Å². The van der Waals surface area contributed by atoms with Crippen molar-refractivity contribution in [3.63, 3.8) is 0 Å². The summed E-state index contributed by atoms with van der Waals surface area (Å²) in [6.07, 6.45) is 3.43. The molecule has 1 fully saturated rings. The van der Waals surface area contributed by atoms with Crippen molar-refractivity contribution in [3.8, 4) is 0 Å². The van der Waals surface area contributed by atoms with Crippen LogP contribution in [0.3, 0.4) is 0 Å². The van der Waals surface area contributed by atoms with E-state index in [0.29, 0.717) is 12.3 Å². The molecule has 1 N–H and O–H groups in total. The molecule has 0 aliphatic carbocycles. The van der Waals surface area contributed by atoms with E-state index in [1.807, 2.05) is 6.92 Å². The van der Waals surface area contributed by atoms with Crippen molar-refractivity contribution < 1.29 is 14.3 Å². The second-order valence-corrected chi connectivity index (χ2v) is 4.41. The van der Waals surface area contributed by atoms with Gasteiger partial charge in [0.05, 0.1) is 6.26 Å². The van der Waals surface area contributed by atoms with Crippen LogP contribution in [-0.4, -0.2) is 35.1 Å². The first kappa shape index (κ1) is 11.2. The van der Waals surface area contributed by atoms with Crippen LogP contribution in [-0.2, 0) is 0 Å². The molecule has 0 spiro atoms. The number of piperidine rings is 1. The fraction of sp³-hybridized carbons (Fsp3) is 0.583. The maximum absolute atomic E-state index is 12.1. The normalized spacial score (nSPS) is 25.8. The Morgan fingerprint density at radius 2 is 2.44 bits per heavy atom. The van der Waals surface area contributed by atoms with Crippen molar-refractivity contribution in [2.24, 2.45) is 5.92 Å². The summed E-state index contributed by atoms with van der Waals surface area (Å²) in [6, 6.07) is 3.61. The molecule has 1 saturated heterocycles. The summed E-state index contributed by atoms with van der Waals surface area (Å²) in [5.41, 5.74) is 0. The van der Waals surface area contributed by atoms with E-state index in [1.165, 1.54) is 6.26 Å². The van der Waals surface area contributed by atoms with Gasteiger partial charge in [0.25, 0.3) is 5.91 Å². The third kappa shape index (κ3) is 2.11. The molecule has 88 valence electrons. The number of aliphatic hydroxyl groups excluding tert-OH is 1. The molecule has 4 heteroatoms. The molecular weight excluding hydrogens is 206 g/mol. The molecule has 16 heavy (non-hydrogen) atoms. The molecule has 1 amide bonds. The quantitative estimate of drug-likeness (QED) is 0.826. The summed E-state index contributed by atoms with van der Waals surface area (Å²) < 4.78 is 5.11. The largest absolute Gasteiger partial charge is 0.459 e. The van der Waals surface area contributed by atoms with Gasteiger partial charge in [-0.2, -0.15) is 0 Å². The van der Waals surface area contributed by atoms with E-state index >= 15 is 0 Å². The Morgan fingerprint density at radius 1 is 1.62 bits per heavy atom. The monoisotopic (exact) mass is 223 g/mol. The first-order valence-electron chi connectivity index (χ1n) is 5.67. The van der Waals surface area contributed by atoms with Gasteiger partial charge in [-0.3, -0.25) is 4.79 Å². The lowest BCUT2D eigenvalue weighted by molar-refractivity contribution is 0.0459. The number of amides is 1. The molecule has 2 atom stereocenters. The van der Waals surface area contributed by atoms with Gasteiger partial charge in [0.1, 0.15) is 0 Å². The predicted octanol–water partition coefficient (Wildman–Crippen LogP) is 1.51. The standard InChI is InChI=1S/C12H17NO3/c1-9-4-5-10(8-14)7-13(9)12(15)11-3-2-6-16-11/h2-3,6,9-10,14H,4-5,7-8H2,1H3. The molecule has 1 aromatic heterocycles. The van der Waals surface area contributed by atoms with Gasteiger partial charge in [-0.1, -0.05) is 0 Å². The molecule has 1 aromatic rings. The third-order valence-corrected chi connectivity index (χ3v) is 3.23. The summed E-state index contributed by atoms with van der Waals surface area (Å²) in [4.78, 5) is 13.9. The fourth-order valence-corrected chi connectivity index (χ4v) is 2.16. The number of nitrogens with zero attached hydrogens (tertiary/aromatic N) is 1. The lowest BCUT2D eigenvalue weighted by Crippen LogP contribution is -2.46. The minimum absolute atomic E-state index is 0.0735. The molecule has 1 aliphatic heterocycles. The maximum atomic E-state index is 12.1. The molecule has 2 heterocycles. The highest BCUT2D eigenvalue weighted by atomic mass is 16.3. The van der Waals surface area contributed by atoms with Crippen LogP contribution in [0.1, 0.15) is 30.3 Å². The van der Waals surface area contributed by atoms with Crippen LogP contribution in [0.2, 0.25) is 0 Å². The zero-order valence-corrected chi connectivity index (χ0v) is 9.43. The van der Waals surface area contributed by atoms with Crippen molar-refractivity contribution in [2.75, 3.05) is 13.2 Å². The Hall–Kier alpha value is -1.29. The molecule has 4 nitrogen and oxygen atoms in total. The van der Waals surface area contributed by atoms with Crippen molar-refractivity contribution in [2.45, 2.75) is 25.8 Å². The Morgan fingerprint density at radius 3 is 3.06 bits per heavy atom. The van der Waals surface area contributed by atoms with Crippen molar-refractivity contribution in [1.82, 2.24) is 4.90 Å². The number of hydrogen-bond acceptors (Lipinski definition) is 3. The van der Waals surface area contributed by atoms with Gasteiger partial charge in [0, 0.05) is 19.2 Å². The molecule has 2 unspecified atom stereocenters. The Balaban J connectivity index is 2.09. The summed E-state index contributed by atoms with van der Waals surface area (Å²) >= 11 is 0. The highest BCUT2D eigenvalue weighted by Gasteiger charge is 2.30. The molecule has 1 aliphatic rings. The van der Waals surface area contributed by atoms with Crippen LogP contribution >= 0.6 is 0 Å². The zero-order chi connectivity index (χ0) is 11.5. The lowest BCUT2D eigenvalue weighted by atomic mass is 9.94. The van der Waals surface area contributed by atoms with Gasteiger partial charge in [0.15, 0.2) is 5.76 Å². The molecule has 0 saturated carbocycles. The van der Waals surface area contributed by atoms with Gasteiger partial charge >= 0.3 is 0 Å². The van der Waals surface area contributed by atoms with E-state index in [-0.39, 0.29) is 24.5 Å². The summed E-state index contributed by atoms with van der Waals surface area (Å²) in [5.74, 6) is 0.510. The number of carbonyl (C=O) groups is 1. The highest BCUT2D eigenvalue weighted by Crippen LogP contribution is 2.23. The second-order valence-electron chi connectivity index (χ2n) is 4.41. The van der Waals surface area contributed by atoms with Crippen LogP contribution < -0.4 is 0 Å². The van der Waals surface area contributed by atoms with Crippen molar-refractivity contribution >= 4 is 5.91 Å². The number of carbonyl (C=O) groups excluding carboxylic acids is 1. The third-order valence-electron chi connectivity index (χ3n) is 3.23. The Labute approximate surface area is 94.9 Å². The lowest BCUT2D eigenvalue weighted by Gasteiger charge is -2.36. The number of aliphatic hydroxyl groups is 1. The van der Waals surface area contributed by atoms with E-state index in [1.54, 1.807) is 17.0 Å². The van der Waals surface area contributed by atoms with E-state index in [9.17, 15) is 4.79 Å². The summed E-state index contributed by atoms with van der Waals surface area (Å²) in [6.45, 7) is 2.81. The number of hydrogen-bond donors (Lipinski definition) is 1. The SMILES string of the molecule is CC1CCC(CO)CN1C(=O)c1ccco1. The number of furan rings is 1. The average Bonchev–Trinajstić information content (AvgIpc) is 2.82. The highest BCUT2D eigenvalue weighted by molar-refractivity contribution is 5.91. The molecule has 0 bridgehead atoms. The van der Waals surface area contributed by atoms with Crippen LogP contribution in [0, 0.1) is 5.92 Å². The molecule has 0 radical (unpaired) electrons. The van der Waals surface area contributed by atoms with E-state index in [0.717, 1.165) is 12.8 Å². The predicted molar refractivity (Wildman–Crippen MR) is 59.0 cm³/mol. The Bertz CT molecular complexity index is 347. The average molecular weight is 223 g/mol. The van der Waals surface area contributed by atoms with Gasteiger partial charge in [-0.05, 0) is 37.8 Å². The first-order valence-corrected chi connectivity index (χ1v) is 5.67. The van der Waals surface area contributed by atoms with Crippen LogP contribution in [0.5, 0.6) is 0 Å². The maximum Gasteiger partial charge on any atom is 0.289 e. The number of rotatable bonds is 2. The smallest absolute Gasteiger partial charge is 0.289 e. The molecular formula is C12H17NO3. The summed E-state index contributed by atoms with van der Waals surface area (Å²) in [5, 5.41) is 9.15. The van der Waals surface area contributed by atoms with Crippen molar-refractivity contribution in [1.29, 1.82) is 0 Å². The van der Waals surface area contributed by atoms with Crippen LogP contribution in [0.25, 0.3) is 0 Å². The number of likely N-dealkylation sites (tertiary alicyclic amines) is 1. The van der Waals surface area contributed by atoms with E-state index in [2.05, 4.69) is 0 Å². The fourth-order valence-electron chi connectivity index (χ4n) is 2.16. The Kier molecular flexibility index (Phi) is 3.29. The topological polar surface area (TPSA) is 53.7 Å². The second kappa shape index (κ2) is 4.70. The van der Waals surface area contributed by atoms with Crippen LogP contribution in [0.4, 0.5) is 0 Å². The van der Waals surface area contributed by atoms with Gasteiger partial charge in [0.2, 0.25) is 0 Å². The molecule has 2 rings (SSSR count). The zero-order valence-electron chi connectivity index (χ0n) is 9.43. The minimum atomic E-state index is -0.0735. The summed E-state index contributed by atoms with van der Waals surface area (Å²) in [7, 11) is 0. The van der Waals surface area contributed by atoms with Crippen LogP contribution in [0.15, 0.2) is 22.8 Å². The van der Waals surface area contributed by atoms with Crippen molar-refractivity contribution in [3.05, 3.63) is 24.2 Å². The molecule has 0 aromatic carbocycles. The van der Waals surface area contributed by atoms with Gasteiger partial charge < -0.3 is 14.4 Å².